The minimum atomic E-state index is -1.13. The summed E-state index contributed by atoms with van der Waals surface area (Å²) in [5.74, 6) is 0.962. The van der Waals surface area contributed by atoms with Gasteiger partial charge in [0.1, 0.15) is 18.0 Å². The number of nitrogens with one attached hydrogen (secondary N) is 2. The first-order valence-corrected chi connectivity index (χ1v) is 10.3. The van der Waals surface area contributed by atoms with Gasteiger partial charge in [-0.1, -0.05) is 11.3 Å². The van der Waals surface area contributed by atoms with Gasteiger partial charge in [-0.3, -0.25) is 5.32 Å². The Labute approximate surface area is 178 Å². The summed E-state index contributed by atoms with van der Waals surface area (Å²) in [6, 6.07) is 3.45. The third kappa shape index (κ3) is 5.21. The van der Waals surface area contributed by atoms with Crippen LogP contribution in [0.2, 0.25) is 0 Å². The monoisotopic (exact) mass is 431 g/mol. The molecule has 160 valence electrons. The fourth-order valence-electron chi connectivity index (χ4n) is 2.67. The van der Waals surface area contributed by atoms with Gasteiger partial charge in [-0.05, 0) is 26.8 Å². The van der Waals surface area contributed by atoms with Crippen molar-refractivity contribution in [2.75, 3.05) is 32.2 Å². The van der Waals surface area contributed by atoms with Gasteiger partial charge in [-0.25, -0.2) is 19.7 Å². The van der Waals surface area contributed by atoms with E-state index in [2.05, 4.69) is 25.6 Å². The van der Waals surface area contributed by atoms with Crippen LogP contribution in [-0.4, -0.2) is 53.0 Å². The lowest BCUT2D eigenvalue weighted by molar-refractivity contribution is 0.0687. The Bertz CT molecular complexity index is 1010. The minimum absolute atomic E-state index is 0.302. The van der Waals surface area contributed by atoms with Crippen LogP contribution in [0.4, 0.5) is 9.93 Å². The van der Waals surface area contributed by atoms with E-state index in [0.717, 1.165) is 15.8 Å². The maximum atomic E-state index is 11.8. The zero-order chi connectivity index (χ0) is 21.7. The van der Waals surface area contributed by atoms with E-state index >= 15 is 0 Å². The molecule has 3 aromatic rings. The van der Waals surface area contributed by atoms with E-state index in [-0.39, 0.29) is 6.03 Å². The second-order valence-corrected chi connectivity index (χ2v) is 8.05. The molecule has 0 saturated carbocycles. The zero-order valence-electron chi connectivity index (χ0n) is 17.4. The summed E-state index contributed by atoms with van der Waals surface area (Å²) >= 11 is 1.36. The summed E-state index contributed by atoms with van der Waals surface area (Å²) in [7, 11) is 1.61. The predicted octanol–water partition coefficient (Wildman–Crippen LogP) is 3.15. The van der Waals surface area contributed by atoms with Gasteiger partial charge < -0.3 is 19.9 Å². The van der Waals surface area contributed by atoms with Crippen molar-refractivity contribution in [1.82, 2.24) is 20.3 Å². The fourth-order valence-corrected chi connectivity index (χ4v) is 3.54. The van der Waals surface area contributed by atoms with Crippen molar-refractivity contribution in [1.29, 1.82) is 0 Å². The molecule has 0 unspecified atom stereocenters. The average Bonchev–Trinajstić information content (AvgIpc) is 3.08. The van der Waals surface area contributed by atoms with Crippen molar-refractivity contribution in [3.63, 3.8) is 0 Å². The number of carbonyl (C=O) groups excluding carboxylic acids is 1. The van der Waals surface area contributed by atoms with Gasteiger partial charge in [0, 0.05) is 43.2 Å². The standard InChI is InChI=1S/C20H25N5O4S/c1-5-21-18(26)25-19-24-14-8-13(12-10-22-17(23-11-12)20(2,3)27)15(9-16(14)30-19)29-7-6-28-4/h8-11,27H,5-7H2,1-4H3,(H2,21,24,25,26). The predicted molar refractivity (Wildman–Crippen MR) is 116 cm³/mol. The Balaban J connectivity index is 1.99. The first-order chi connectivity index (χ1) is 14.3. The number of hydrogen-bond donors (Lipinski definition) is 3. The molecule has 3 N–H and O–H groups in total. The van der Waals surface area contributed by atoms with Crippen LogP contribution < -0.4 is 15.4 Å². The molecular weight excluding hydrogens is 406 g/mol. The molecule has 30 heavy (non-hydrogen) atoms. The van der Waals surface area contributed by atoms with Crippen LogP contribution in [0.5, 0.6) is 5.75 Å². The Kier molecular flexibility index (Phi) is 6.80. The number of aromatic nitrogens is 3. The van der Waals surface area contributed by atoms with Crippen molar-refractivity contribution >= 4 is 32.7 Å². The number of hydrogen-bond acceptors (Lipinski definition) is 8. The summed E-state index contributed by atoms with van der Waals surface area (Å²) in [6.07, 6.45) is 3.29. The number of rotatable bonds is 8. The first kappa shape index (κ1) is 21.9. The quantitative estimate of drug-likeness (QED) is 0.469. The van der Waals surface area contributed by atoms with E-state index in [4.69, 9.17) is 9.47 Å². The molecule has 9 nitrogen and oxygen atoms in total. The Morgan fingerprint density at radius 3 is 2.60 bits per heavy atom. The first-order valence-electron chi connectivity index (χ1n) is 9.48. The number of ether oxygens (including phenoxy) is 2. The normalized spacial score (nSPS) is 11.5. The fraction of sp³-hybridized carbons (Fsp3) is 0.400. The van der Waals surface area contributed by atoms with Gasteiger partial charge in [0.15, 0.2) is 11.0 Å². The number of methoxy groups -OCH3 is 1. The summed E-state index contributed by atoms with van der Waals surface area (Å²) in [6.45, 7) is 6.45. The van der Waals surface area contributed by atoms with E-state index < -0.39 is 5.60 Å². The van der Waals surface area contributed by atoms with Crippen molar-refractivity contribution in [3.8, 4) is 16.9 Å². The Morgan fingerprint density at radius 1 is 1.23 bits per heavy atom. The van der Waals surface area contributed by atoms with Crippen molar-refractivity contribution in [2.45, 2.75) is 26.4 Å². The van der Waals surface area contributed by atoms with Gasteiger partial charge >= 0.3 is 6.03 Å². The Hall–Kier alpha value is -2.82. The highest BCUT2D eigenvalue weighted by Gasteiger charge is 2.20. The van der Waals surface area contributed by atoms with Crippen molar-refractivity contribution < 1.29 is 19.4 Å². The maximum Gasteiger partial charge on any atom is 0.321 e. The van der Waals surface area contributed by atoms with Crippen LogP contribution >= 0.6 is 11.3 Å². The molecule has 0 aliphatic heterocycles. The molecule has 1 aromatic carbocycles. The van der Waals surface area contributed by atoms with Crippen LogP contribution in [0.1, 0.15) is 26.6 Å². The molecule has 0 aliphatic rings. The van der Waals surface area contributed by atoms with Crippen LogP contribution in [0.25, 0.3) is 21.3 Å². The number of urea groups is 1. The number of carbonyl (C=O) groups is 1. The number of nitrogens with zero attached hydrogens (tertiary/aromatic N) is 3. The van der Waals surface area contributed by atoms with E-state index in [0.29, 0.717) is 42.0 Å². The molecule has 10 heteroatoms. The Morgan fingerprint density at radius 2 is 1.97 bits per heavy atom. The minimum Gasteiger partial charge on any atom is -0.490 e. The number of aliphatic hydroxyl groups is 1. The molecule has 2 amide bonds. The zero-order valence-corrected chi connectivity index (χ0v) is 18.2. The number of thiazole rings is 1. The van der Waals surface area contributed by atoms with Crippen molar-refractivity contribution in [3.05, 3.63) is 30.4 Å². The second kappa shape index (κ2) is 9.33. The van der Waals surface area contributed by atoms with Gasteiger partial charge in [0.25, 0.3) is 0 Å². The number of fused-ring (bicyclic) bond motifs is 1. The molecule has 0 atom stereocenters. The van der Waals surface area contributed by atoms with E-state index in [9.17, 15) is 9.90 Å². The average molecular weight is 432 g/mol. The topological polar surface area (TPSA) is 118 Å². The molecular formula is C20H25N5O4S. The van der Waals surface area contributed by atoms with Gasteiger partial charge in [0.2, 0.25) is 0 Å². The van der Waals surface area contributed by atoms with E-state index in [1.54, 1.807) is 33.4 Å². The van der Waals surface area contributed by atoms with Gasteiger partial charge in [0.05, 0.1) is 16.8 Å². The summed E-state index contributed by atoms with van der Waals surface area (Å²) in [5, 5.41) is 16.0. The largest absolute Gasteiger partial charge is 0.490 e. The molecule has 0 radical (unpaired) electrons. The van der Waals surface area contributed by atoms with Gasteiger partial charge in [-0.2, -0.15) is 0 Å². The smallest absolute Gasteiger partial charge is 0.321 e. The highest BCUT2D eigenvalue weighted by atomic mass is 32.1. The third-order valence-corrected chi connectivity index (χ3v) is 5.04. The third-order valence-electron chi connectivity index (χ3n) is 4.10. The second-order valence-electron chi connectivity index (χ2n) is 7.02. The number of benzene rings is 1. The lowest BCUT2D eigenvalue weighted by Crippen LogP contribution is -2.28. The number of anilines is 1. The number of amides is 2. The van der Waals surface area contributed by atoms with E-state index in [1.807, 2.05) is 19.1 Å². The highest BCUT2D eigenvalue weighted by molar-refractivity contribution is 7.22. The van der Waals surface area contributed by atoms with Crippen LogP contribution in [0, 0.1) is 0 Å². The molecule has 0 fully saturated rings. The van der Waals surface area contributed by atoms with Crippen LogP contribution in [-0.2, 0) is 10.3 Å². The molecule has 0 saturated heterocycles. The lowest BCUT2D eigenvalue weighted by atomic mass is 10.1. The van der Waals surface area contributed by atoms with E-state index in [1.165, 1.54) is 11.3 Å². The highest BCUT2D eigenvalue weighted by Crippen LogP contribution is 2.37. The lowest BCUT2D eigenvalue weighted by Gasteiger charge is -2.16. The SMILES string of the molecule is CCNC(=O)Nc1nc2cc(-c3cnc(C(C)(C)O)nc3)c(OCCOC)cc2s1. The molecule has 2 heterocycles. The maximum absolute atomic E-state index is 11.8. The van der Waals surface area contributed by atoms with Gasteiger partial charge in [-0.15, -0.1) is 0 Å². The molecule has 0 bridgehead atoms. The summed E-state index contributed by atoms with van der Waals surface area (Å²) in [5.41, 5.74) is 1.07. The summed E-state index contributed by atoms with van der Waals surface area (Å²) < 4.78 is 11.9. The molecule has 0 spiro atoms. The van der Waals surface area contributed by atoms with Crippen LogP contribution in [0.15, 0.2) is 24.5 Å². The molecule has 2 aromatic heterocycles. The summed E-state index contributed by atoms with van der Waals surface area (Å²) in [4.78, 5) is 24.9. The molecule has 0 aliphatic carbocycles. The van der Waals surface area contributed by atoms with Crippen molar-refractivity contribution in [2.24, 2.45) is 0 Å². The molecule has 3 rings (SSSR count). The van der Waals surface area contributed by atoms with Crippen LogP contribution in [0.3, 0.4) is 0 Å².